The molecule has 25 heavy (non-hydrogen) atoms. The van der Waals surface area contributed by atoms with Crippen LogP contribution in [0.5, 0.6) is 5.75 Å². The van der Waals surface area contributed by atoms with Crippen LogP contribution in [-0.4, -0.2) is 36.2 Å². The van der Waals surface area contributed by atoms with Crippen LogP contribution in [0.1, 0.15) is 0 Å². The number of aliphatic carboxylic acids is 1. The second-order valence-electron chi connectivity index (χ2n) is 5.04. The van der Waals surface area contributed by atoms with E-state index in [0.717, 1.165) is 12.1 Å². The Kier molecular flexibility index (Phi) is 6.59. The lowest BCUT2D eigenvalue weighted by Crippen LogP contribution is -2.42. The van der Waals surface area contributed by atoms with Gasteiger partial charge in [-0.1, -0.05) is 23.7 Å². The molecule has 6 nitrogen and oxygen atoms in total. The maximum atomic E-state index is 12.8. The van der Waals surface area contributed by atoms with E-state index in [9.17, 15) is 14.0 Å². The van der Waals surface area contributed by atoms with Crippen LogP contribution in [-0.2, 0) is 9.59 Å². The van der Waals surface area contributed by atoms with E-state index in [1.807, 2.05) is 0 Å². The number of carbonyl (C=O) groups excluding carboxylic acids is 1. The van der Waals surface area contributed by atoms with Gasteiger partial charge in [0, 0.05) is 0 Å². The minimum atomic E-state index is -1.30. The van der Waals surface area contributed by atoms with E-state index in [1.165, 1.54) is 12.1 Å². The predicted molar refractivity (Wildman–Crippen MR) is 91.4 cm³/mol. The number of halogens is 2. The summed E-state index contributed by atoms with van der Waals surface area (Å²) >= 11 is 5.96. The van der Waals surface area contributed by atoms with Crippen LogP contribution in [0.2, 0.25) is 5.02 Å². The Morgan fingerprint density at radius 1 is 1.16 bits per heavy atom. The van der Waals surface area contributed by atoms with Gasteiger partial charge in [-0.2, -0.15) is 0 Å². The number of ether oxygens (including phenoxy) is 1. The van der Waals surface area contributed by atoms with Gasteiger partial charge >= 0.3 is 5.97 Å². The molecule has 0 aliphatic carbocycles. The monoisotopic (exact) mass is 366 g/mol. The van der Waals surface area contributed by atoms with Gasteiger partial charge in [0.25, 0.3) is 0 Å². The molecule has 1 atom stereocenters. The molecule has 0 unspecified atom stereocenters. The van der Waals surface area contributed by atoms with E-state index >= 15 is 0 Å². The SMILES string of the molecule is O=C(CNc1ccccc1Cl)NC[C@@H](Oc1ccc(F)cc1)C(=O)O. The van der Waals surface area contributed by atoms with E-state index < -0.39 is 23.8 Å². The standard InChI is InChI=1S/C17H16ClFN2O4/c18-13-3-1-2-4-14(13)20-10-16(22)21-9-15(17(23)24)25-12-7-5-11(19)6-8-12/h1-8,15,20H,9-10H2,(H,21,22)(H,23,24)/t15-/m1/s1. The molecule has 0 fully saturated rings. The molecule has 0 radical (unpaired) electrons. The van der Waals surface area contributed by atoms with E-state index in [0.29, 0.717) is 10.7 Å². The third kappa shape index (κ3) is 5.96. The van der Waals surface area contributed by atoms with Gasteiger partial charge in [0.1, 0.15) is 11.6 Å². The summed E-state index contributed by atoms with van der Waals surface area (Å²) in [5.74, 6) is -1.94. The van der Waals surface area contributed by atoms with Crippen LogP contribution in [0.25, 0.3) is 0 Å². The molecule has 0 bridgehead atoms. The molecule has 0 heterocycles. The number of para-hydroxylation sites is 1. The van der Waals surface area contributed by atoms with Crippen molar-refractivity contribution < 1.29 is 23.8 Å². The zero-order valence-corrected chi connectivity index (χ0v) is 13.8. The molecule has 2 rings (SSSR count). The highest BCUT2D eigenvalue weighted by molar-refractivity contribution is 6.33. The first-order chi connectivity index (χ1) is 12.0. The van der Waals surface area contributed by atoms with E-state index in [-0.39, 0.29) is 18.8 Å². The number of nitrogens with one attached hydrogen (secondary N) is 2. The maximum absolute atomic E-state index is 12.8. The quantitative estimate of drug-likeness (QED) is 0.668. The Morgan fingerprint density at radius 3 is 2.48 bits per heavy atom. The fourth-order valence-corrected chi connectivity index (χ4v) is 2.11. The molecule has 0 spiro atoms. The summed E-state index contributed by atoms with van der Waals surface area (Å²) in [5, 5.41) is 14.9. The summed E-state index contributed by atoms with van der Waals surface area (Å²) in [5.41, 5.74) is 0.594. The molecule has 0 saturated carbocycles. The normalized spacial score (nSPS) is 11.4. The van der Waals surface area contributed by atoms with Gasteiger partial charge in [-0.25, -0.2) is 9.18 Å². The predicted octanol–water partition coefficient (Wildman–Crippen LogP) is 2.54. The van der Waals surface area contributed by atoms with Crippen LogP contribution in [0.4, 0.5) is 10.1 Å². The summed E-state index contributed by atoms with van der Waals surface area (Å²) < 4.78 is 18.1. The minimum absolute atomic E-state index is 0.0768. The highest BCUT2D eigenvalue weighted by Gasteiger charge is 2.20. The van der Waals surface area contributed by atoms with Gasteiger partial charge in [0.05, 0.1) is 23.8 Å². The lowest BCUT2D eigenvalue weighted by molar-refractivity contribution is -0.145. The molecule has 0 saturated heterocycles. The fraction of sp³-hybridized carbons (Fsp3) is 0.176. The average Bonchev–Trinajstić information content (AvgIpc) is 2.59. The number of amides is 1. The maximum Gasteiger partial charge on any atom is 0.346 e. The van der Waals surface area contributed by atoms with Crippen LogP contribution in [0, 0.1) is 5.82 Å². The van der Waals surface area contributed by atoms with Crippen molar-refractivity contribution in [1.82, 2.24) is 5.32 Å². The van der Waals surface area contributed by atoms with Crippen molar-refractivity contribution in [1.29, 1.82) is 0 Å². The topological polar surface area (TPSA) is 87.7 Å². The van der Waals surface area contributed by atoms with Crippen LogP contribution < -0.4 is 15.4 Å². The zero-order valence-electron chi connectivity index (χ0n) is 13.0. The molecule has 2 aromatic rings. The van der Waals surface area contributed by atoms with Crippen molar-refractivity contribution in [3.8, 4) is 5.75 Å². The smallest absolute Gasteiger partial charge is 0.346 e. The molecular formula is C17H16ClFN2O4. The van der Waals surface area contributed by atoms with E-state index in [4.69, 9.17) is 21.4 Å². The van der Waals surface area contributed by atoms with Crippen molar-refractivity contribution in [2.45, 2.75) is 6.10 Å². The van der Waals surface area contributed by atoms with Crippen LogP contribution in [0.15, 0.2) is 48.5 Å². The highest BCUT2D eigenvalue weighted by Crippen LogP contribution is 2.19. The van der Waals surface area contributed by atoms with Crippen molar-refractivity contribution in [3.05, 3.63) is 59.4 Å². The molecule has 0 aromatic heterocycles. The van der Waals surface area contributed by atoms with Crippen molar-refractivity contribution in [2.24, 2.45) is 0 Å². The summed E-state index contributed by atoms with van der Waals surface area (Å²) in [6, 6.07) is 11.9. The average molecular weight is 367 g/mol. The summed E-state index contributed by atoms with van der Waals surface area (Å²) in [4.78, 5) is 23.1. The Hall–Kier alpha value is -2.80. The Balaban J connectivity index is 1.83. The number of benzene rings is 2. The van der Waals surface area contributed by atoms with Gasteiger partial charge in [-0.3, -0.25) is 4.79 Å². The molecule has 8 heteroatoms. The fourth-order valence-electron chi connectivity index (χ4n) is 1.91. The second-order valence-corrected chi connectivity index (χ2v) is 5.44. The first-order valence-corrected chi connectivity index (χ1v) is 7.73. The summed E-state index contributed by atoms with van der Waals surface area (Å²) in [6.07, 6.45) is -1.30. The molecular weight excluding hydrogens is 351 g/mol. The minimum Gasteiger partial charge on any atom is -0.478 e. The van der Waals surface area contributed by atoms with Crippen LogP contribution in [0.3, 0.4) is 0 Å². The molecule has 132 valence electrons. The molecule has 2 aromatic carbocycles. The number of rotatable bonds is 8. The number of hydrogen-bond acceptors (Lipinski definition) is 4. The second kappa shape index (κ2) is 8.89. The van der Waals surface area contributed by atoms with Gasteiger partial charge < -0.3 is 20.5 Å². The van der Waals surface area contributed by atoms with Crippen molar-refractivity contribution >= 4 is 29.2 Å². The molecule has 3 N–H and O–H groups in total. The summed E-state index contributed by atoms with van der Waals surface area (Å²) in [6.45, 7) is -0.317. The van der Waals surface area contributed by atoms with E-state index in [2.05, 4.69) is 10.6 Å². The zero-order chi connectivity index (χ0) is 18.2. The van der Waals surface area contributed by atoms with Gasteiger partial charge in [0.2, 0.25) is 12.0 Å². The van der Waals surface area contributed by atoms with Gasteiger partial charge in [0.15, 0.2) is 0 Å². The van der Waals surface area contributed by atoms with E-state index in [1.54, 1.807) is 24.3 Å². The Labute approximate surface area is 148 Å². The largest absolute Gasteiger partial charge is 0.478 e. The van der Waals surface area contributed by atoms with Crippen molar-refractivity contribution in [2.75, 3.05) is 18.4 Å². The Morgan fingerprint density at radius 2 is 1.84 bits per heavy atom. The molecule has 1 amide bonds. The lowest BCUT2D eigenvalue weighted by atomic mass is 10.3. The first kappa shape index (κ1) is 18.5. The molecule has 0 aliphatic heterocycles. The number of carbonyl (C=O) groups is 2. The third-order valence-corrected chi connectivity index (χ3v) is 3.49. The lowest BCUT2D eigenvalue weighted by Gasteiger charge is -2.16. The number of carboxylic acids is 1. The molecule has 0 aliphatic rings. The summed E-state index contributed by atoms with van der Waals surface area (Å²) in [7, 11) is 0. The number of carboxylic acid groups (broad SMARTS) is 1. The van der Waals surface area contributed by atoms with Crippen LogP contribution >= 0.6 is 11.6 Å². The number of hydrogen-bond donors (Lipinski definition) is 3. The first-order valence-electron chi connectivity index (χ1n) is 7.36. The van der Waals surface area contributed by atoms with Crippen molar-refractivity contribution in [3.63, 3.8) is 0 Å². The number of anilines is 1. The van der Waals surface area contributed by atoms with Gasteiger partial charge in [-0.15, -0.1) is 0 Å². The van der Waals surface area contributed by atoms with Gasteiger partial charge in [-0.05, 0) is 36.4 Å². The third-order valence-electron chi connectivity index (χ3n) is 3.17. The highest BCUT2D eigenvalue weighted by atomic mass is 35.5. The Bertz CT molecular complexity index is 740.